The number of nitrogens with one attached hydrogen (secondary N) is 1. The summed E-state index contributed by atoms with van der Waals surface area (Å²) in [4.78, 5) is 4.30. The zero-order valence-electron chi connectivity index (χ0n) is 11.4. The number of aromatic nitrogens is 2. The molecule has 0 saturated carbocycles. The van der Waals surface area contributed by atoms with Crippen LogP contribution < -0.4 is 10.1 Å². The van der Waals surface area contributed by atoms with Crippen LogP contribution in [0, 0.1) is 5.82 Å². The number of ether oxygens (including phenoxy) is 1. The van der Waals surface area contributed by atoms with Crippen molar-refractivity contribution in [1.29, 1.82) is 0 Å². The molecular formula is C14H18FN3O. The fraction of sp³-hybridized carbons (Fsp3) is 0.357. The van der Waals surface area contributed by atoms with Crippen molar-refractivity contribution in [3.8, 4) is 5.75 Å². The molecule has 0 aliphatic carbocycles. The highest BCUT2D eigenvalue weighted by Crippen LogP contribution is 2.25. The van der Waals surface area contributed by atoms with Gasteiger partial charge in [0.15, 0.2) is 0 Å². The summed E-state index contributed by atoms with van der Waals surface area (Å²) in [5.41, 5.74) is 0.567. The lowest BCUT2D eigenvalue weighted by atomic mass is 10.0. The van der Waals surface area contributed by atoms with E-state index in [0.717, 1.165) is 12.4 Å². The number of hydrogen-bond donors (Lipinski definition) is 1. The molecule has 2 aromatic rings. The number of nitrogens with zero attached hydrogens (tertiary/aromatic N) is 2. The molecule has 1 aromatic heterocycles. The van der Waals surface area contributed by atoms with Crippen LogP contribution in [-0.4, -0.2) is 23.2 Å². The highest BCUT2D eigenvalue weighted by atomic mass is 19.1. The molecule has 0 saturated heterocycles. The predicted octanol–water partition coefficient (Wildman–Crippen LogP) is 2.27. The van der Waals surface area contributed by atoms with Gasteiger partial charge in [-0.3, -0.25) is 0 Å². The number of imidazole rings is 1. The largest absolute Gasteiger partial charge is 0.497 e. The lowest BCUT2D eigenvalue weighted by molar-refractivity contribution is 0.409. The van der Waals surface area contributed by atoms with Gasteiger partial charge in [0.2, 0.25) is 0 Å². The van der Waals surface area contributed by atoms with Crippen molar-refractivity contribution in [3.05, 3.63) is 47.8 Å². The van der Waals surface area contributed by atoms with E-state index in [-0.39, 0.29) is 11.9 Å². The molecule has 0 amide bonds. The van der Waals surface area contributed by atoms with Crippen LogP contribution >= 0.6 is 0 Å². The van der Waals surface area contributed by atoms with E-state index in [9.17, 15) is 4.39 Å². The Morgan fingerprint density at radius 1 is 1.47 bits per heavy atom. The zero-order chi connectivity index (χ0) is 13.8. The first-order chi connectivity index (χ1) is 9.17. The molecule has 0 bridgehead atoms. The van der Waals surface area contributed by atoms with Crippen LogP contribution in [0.3, 0.4) is 0 Å². The third kappa shape index (κ3) is 2.76. The molecule has 102 valence electrons. The smallest absolute Gasteiger partial charge is 0.132 e. The van der Waals surface area contributed by atoms with Gasteiger partial charge in [-0.2, -0.15) is 0 Å². The van der Waals surface area contributed by atoms with Gasteiger partial charge in [0.05, 0.1) is 13.2 Å². The lowest BCUT2D eigenvalue weighted by Gasteiger charge is -2.19. The van der Waals surface area contributed by atoms with Crippen molar-refractivity contribution in [2.75, 3.05) is 13.7 Å². The van der Waals surface area contributed by atoms with Crippen molar-refractivity contribution in [1.82, 2.24) is 14.9 Å². The molecule has 0 aliphatic rings. The Hall–Kier alpha value is -1.88. The second-order valence-corrected chi connectivity index (χ2v) is 4.27. The average molecular weight is 263 g/mol. The van der Waals surface area contributed by atoms with Crippen molar-refractivity contribution >= 4 is 0 Å². The van der Waals surface area contributed by atoms with Gasteiger partial charge in [-0.15, -0.1) is 0 Å². The molecule has 4 nitrogen and oxygen atoms in total. The highest BCUT2D eigenvalue weighted by Gasteiger charge is 2.20. The number of benzene rings is 1. The van der Waals surface area contributed by atoms with E-state index in [2.05, 4.69) is 10.3 Å². The summed E-state index contributed by atoms with van der Waals surface area (Å²) >= 11 is 0. The molecule has 1 atom stereocenters. The van der Waals surface area contributed by atoms with E-state index in [1.165, 1.54) is 13.2 Å². The van der Waals surface area contributed by atoms with Crippen LogP contribution in [0.5, 0.6) is 5.75 Å². The minimum Gasteiger partial charge on any atom is -0.497 e. The summed E-state index contributed by atoms with van der Waals surface area (Å²) < 4.78 is 21.1. The van der Waals surface area contributed by atoms with Gasteiger partial charge in [-0.05, 0) is 12.6 Å². The molecule has 1 aromatic carbocycles. The fourth-order valence-electron chi connectivity index (χ4n) is 2.07. The summed E-state index contributed by atoms with van der Waals surface area (Å²) in [6.07, 6.45) is 3.56. The van der Waals surface area contributed by atoms with Crippen molar-refractivity contribution in [2.45, 2.75) is 13.0 Å². The first kappa shape index (κ1) is 13.5. The molecule has 0 fully saturated rings. The molecule has 1 heterocycles. The van der Waals surface area contributed by atoms with Gasteiger partial charge in [-0.1, -0.05) is 13.0 Å². The Morgan fingerprint density at radius 2 is 2.26 bits per heavy atom. The number of aryl methyl sites for hydroxylation is 1. The zero-order valence-corrected chi connectivity index (χ0v) is 11.4. The van der Waals surface area contributed by atoms with Crippen molar-refractivity contribution in [2.24, 2.45) is 7.05 Å². The fourth-order valence-corrected chi connectivity index (χ4v) is 2.07. The van der Waals surface area contributed by atoms with Gasteiger partial charge in [-0.25, -0.2) is 9.37 Å². The van der Waals surface area contributed by atoms with Crippen LogP contribution in [0.1, 0.15) is 24.4 Å². The summed E-state index contributed by atoms with van der Waals surface area (Å²) in [6.45, 7) is 2.71. The molecule has 5 heteroatoms. The quantitative estimate of drug-likeness (QED) is 0.899. The maximum Gasteiger partial charge on any atom is 0.132 e. The van der Waals surface area contributed by atoms with E-state index in [4.69, 9.17) is 4.74 Å². The molecule has 1 N–H and O–H groups in total. The maximum absolute atomic E-state index is 14.2. The van der Waals surface area contributed by atoms with Crippen LogP contribution in [0.4, 0.5) is 4.39 Å². The Morgan fingerprint density at radius 3 is 2.79 bits per heavy atom. The second kappa shape index (κ2) is 5.84. The van der Waals surface area contributed by atoms with E-state index >= 15 is 0 Å². The number of rotatable bonds is 5. The molecular weight excluding hydrogens is 245 g/mol. The van der Waals surface area contributed by atoms with Gasteiger partial charge >= 0.3 is 0 Å². The highest BCUT2D eigenvalue weighted by molar-refractivity contribution is 5.33. The SMILES string of the molecule is CCNC(c1ccc(OC)cc1F)c1nccn1C. The van der Waals surface area contributed by atoms with E-state index < -0.39 is 0 Å². The Labute approximate surface area is 112 Å². The Bertz CT molecular complexity index is 553. The third-order valence-electron chi connectivity index (χ3n) is 3.04. The van der Waals surface area contributed by atoms with E-state index in [1.54, 1.807) is 18.3 Å². The van der Waals surface area contributed by atoms with Crippen LogP contribution in [0.25, 0.3) is 0 Å². The number of halogens is 1. The molecule has 19 heavy (non-hydrogen) atoms. The summed E-state index contributed by atoms with van der Waals surface area (Å²) in [5.74, 6) is 0.996. The molecule has 1 unspecified atom stereocenters. The first-order valence-electron chi connectivity index (χ1n) is 6.21. The third-order valence-corrected chi connectivity index (χ3v) is 3.04. The summed E-state index contributed by atoms with van der Waals surface area (Å²) in [5, 5.41) is 3.26. The van der Waals surface area contributed by atoms with Crippen LogP contribution in [0.15, 0.2) is 30.6 Å². The van der Waals surface area contributed by atoms with Crippen LogP contribution in [-0.2, 0) is 7.05 Å². The van der Waals surface area contributed by atoms with Gasteiger partial charge in [0, 0.05) is 31.1 Å². The maximum atomic E-state index is 14.2. The molecule has 2 rings (SSSR count). The van der Waals surface area contributed by atoms with Crippen molar-refractivity contribution < 1.29 is 9.13 Å². The standard InChI is InChI=1S/C14H18FN3O/c1-4-16-13(14-17-7-8-18(14)2)11-6-5-10(19-3)9-12(11)15/h5-9,13,16H,4H2,1-3H3. The van der Waals surface area contributed by atoms with E-state index in [1.807, 2.05) is 24.7 Å². The number of hydrogen-bond acceptors (Lipinski definition) is 3. The lowest BCUT2D eigenvalue weighted by Crippen LogP contribution is -2.25. The monoisotopic (exact) mass is 263 g/mol. The Balaban J connectivity index is 2.42. The van der Waals surface area contributed by atoms with Gasteiger partial charge in [0.25, 0.3) is 0 Å². The molecule has 0 spiro atoms. The number of methoxy groups -OCH3 is 1. The topological polar surface area (TPSA) is 39.1 Å². The van der Waals surface area contributed by atoms with Gasteiger partial charge in [0.1, 0.15) is 17.4 Å². The van der Waals surface area contributed by atoms with E-state index in [0.29, 0.717) is 11.3 Å². The van der Waals surface area contributed by atoms with Crippen LogP contribution in [0.2, 0.25) is 0 Å². The second-order valence-electron chi connectivity index (χ2n) is 4.27. The molecule has 0 radical (unpaired) electrons. The minimum atomic E-state index is -0.298. The first-order valence-corrected chi connectivity index (χ1v) is 6.21. The molecule has 0 aliphatic heterocycles. The summed E-state index contributed by atoms with van der Waals surface area (Å²) in [7, 11) is 3.42. The van der Waals surface area contributed by atoms with Gasteiger partial charge < -0.3 is 14.6 Å². The normalized spacial score (nSPS) is 12.4. The average Bonchev–Trinajstić information content (AvgIpc) is 2.82. The Kier molecular flexibility index (Phi) is 4.16. The summed E-state index contributed by atoms with van der Waals surface area (Å²) in [6, 6.07) is 4.61. The minimum absolute atomic E-state index is 0.268. The predicted molar refractivity (Wildman–Crippen MR) is 71.7 cm³/mol. The van der Waals surface area contributed by atoms with Crippen molar-refractivity contribution in [3.63, 3.8) is 0 Å².